The van der Waals surface area contributed by atoms with Crippen molar-refractivity contribution in [1.29, 1.82) is 0 Å². The molecule has 2 amide bonds. The fourth-order valence-electron chi connectivity index (χ4n) is 2.77. The van der Waals surface area contributed by atoms with Gasteiger partial charge in [0.25, 0.3) is 0 Å². The molecule has 2 atom stereocenters. The Hall–Kier alpha value is -1.26. The third-order valence-electron chi connectivity index (χ3n) is 4.69. The van der Waals surface area contributed by atoms with E-state index in [9.17, 15) is 9.59 Å². The molecule has 1 fully saturated rings. The maximum absolute atomic E-state index is 12.6. The summed E-state index contributed by atoms with van der Waals surface area (Å²) in [7, 11) is 1.86. The first-order chi connectivity index (χ1) is 9.62. The van der Waals surface area contributed by atoms with Crippen LogP contribution in [0.1, 0.15) is 53.4 Å². The molecule has 1 N–H and O–H groups in total. The van der Waals surface area contributed by atoms with E-state index < -0.39 is 5.97 Å². The quantitative estimate of drug-likeness (QED) is 0.867. The minimum Gasteiger partial charge on any atom is -0.481 e. The highest BCUT2D eigenvalue weighted by molar-refractivity contribution is 5.74. The van der Waals surface area contributed by atoms with Crippen molar-refractivity contribution in [3.63, 3.8) is 0 Å². The van der Waals surface area contributed by atoms with Crippen LogP contribution in [0.15, 0.2) is 0 Å². The van der Waals surface area contributed by atoms with Gasteiger partial charge in [0.15, 0.2) is 0 Å². The van der Waals surface area contributed by atoms with E-state index in [0.717, 1.165) is 19.4 Å². The molecule has 122 valence electrons. The van der Waals surface area contributed by atoms with E-state index in [1.54, 1.807) is 0 Å². The fourth-order valence-corrected chi connectivity index (χ4v) is 2.77. The van der Waals surface area contributed by atoms with Gasteiger partial charge in [-0.05, 0) is 37.5 Å². The van der Waals surface area contributed by atoms with Crippen molar-refractivity contribution < 1.29 is 14.7 Å². The highest BCUT2D eigenvalue weighted by Gasteiger charge is 2.31. The molecule has 0 aromatic rings. The number of carbonyl (C=O) groups excluding carboxylic acids is 1. The van der Waals surface area contributed by atoms with Crippen LogP contribution >= 0.6 is 0 Å². The largest absolute Gasteiger partial charge is 0.481 e. The molecule has 5 nitrogen and oxygen atoms in total. The summed E-state index contributed by atoms with van der Waals surface area (Å²) in [4.78, 5) is 27.0. The number of rotatable bonds is 4. The first-order valence-electron chi connectivity index (χ1n) is 7.86. The summed E-state index contributed by atoms with van der Waals surface area (Å²) in [6.07, 6.45) is 2.85. The maximum atomic E-state index is 12.6. The Balaban J connectivity index is 2.59. The molecule has 0 radical (unpaired) electrons. The second-order valence-electron chi connectivity index (χ2n) is 7.32. The number of hydrogen-bond acceptors (Lipinski definition) is 2. The number of carboxylic acid groups (broad SMARTS) is 1. The van der Waals surface area contributed by atoms with Crippen LogP contribution in [0.25, 0.3) is 0 Å². The fraction of sp³-hybridized carbons (Fsp3) is 0.875. The number of hydrogen-bond donors (Lipinski definition) is 1. The summed E-state index contributed by atoms with van der Waals surface area (Å²) in [6.45, 7) is 9.94. The zero-order valence-electron chi connectivity index (χ0n) is 14.1. The molecular weight excluding hydrogens is 268 g/mol. The first-order valence-corrected chi connectivity index (χ1v) is 7.86. The summed E-state index contributed by atoms with van der Waals surface area (Å²) >= 11 is 0. The summed E-state index contributed by atoms with van der Waals surface area (Å²) in [6, 6.07) is 0.224. The average Bonchev–Trinajstić information content (AvgIpc) is 2.42. The Morgan fingerprint density at radius 2 is 2.00 bits per heavy atom. The van der Waals surface area contributed by atoms with Crippen LogP contribution in [0.4, 0.5) is 4.79 Å². The Morgan fingerprint density at radius 1 is 1.38 bits per heavy atom. The lowest BCUT2D eigenvalue weighted by molar-refractivity contribution is -0.137. The summed E-state index contributed by atoms with van der Waals surface area (Å²) in [5, 5.41) is 8.78. The zero-order chi connectivity index (χ0) is 16.2. The van der Waals surface area contributed by atoms with Gasteiger partial charge in [0.05, 0.1) is 0 Å². The van der Waals surface area contributed by atoms with Crippen LogP contribution in [0.3, 0.4) is 0 Å². The molecule has 21 heavy (non-hydrogen) atoms. The lowest BCUT2D eigenvalue weighted by Crippen LogP contribution is -2.51. The van der Waals surface area contributed by atoms with Crippen molar-refractivity contribution in [3.05, 3.63) is 0 Å². The molecule has 2 unspecified atom stereocenters. The van der Waals surface area contributed by atoms with Crippen LogP contribution < -0.4 is 0 Å². The number of carbonyl (C=O) groups is 2. The van der Waals surface area contributed by atoms with Crippen molar-refractivity contribution in [2.45, 2.75) is 59.4 Å². The number of aliphatic carboxylic acids is 1. The normalized spacial score (nSPS) is 21.0. The van der Waals surface area contributed by atoms with Crippen LogP contribution in [0, 0.1) is 11.3 Å². The van der Waals surface area contributed by atoms with Gasteiger partial charge in [-0.25, -0.2) is 4.79 Å². The lowest BCUT2D eigenvalue weighted by Gasteiger charge is -2.40. The Kier molecular flexibility index (Phi) is 6.05. The number of likely N-dealkylation sites (tertiary alicyclic amines) is 1. The second kappa shape index (κ2) is 7.14. The van der Waals surface area contributed by atoms with E-state index in [1.165, 1.54) is 0 Å². The molecular formula is C16H30N2O3. The van der Waals surface area contributed by atoms with E-state index in [0.29, 0.717) is 18.9 Å². The molecule has 0 bridgehead atoms. The van der Waals surface area contributed by atoms with Crippen molar-refractivity contribution in [2.75, 3.05) is 20.1 Å². The predicted octanol–water partition coefficient (Wildman–Crippen LogP) is 3.05. The minimum absolute atomic E-state index is 0.0445. The molecule has 1 aliphatic heterocycles. The maximum Gasteiger partial charge on any atom is 0.320 e. The number of amides is 2. The molecule has 5 heteroatoms. The van der Waals surface area contributed by atoms with E-state index >= 15 is 0 Å². The average molecular weight is 298 g/mol. The van der Waals surface area contributed by atoms with Crippen molar-refractivity contribution in [3.8, 4) is 0 Å². The van der Waals surface area contributed by atoms with Crippen LogP contribution in [-0.2, 0) is 4.79 Å². The van der Waals surface area contributed by atoms with Gasteiger partial charge in [0, 0.05) is 32.6 Å². The topological polar surface area (TPSA) is 60.9 Å². The smallest absolute Gasteiger partial charge is 0.320 e. The van der Waals surface area contributed by atoms with Crippen molar-refractivity contribution >= 4 is 12.0 Å². The van der Waals surface area contributed by atoms with Crippen molar-refractivity contribution in [2.24, 2.45) is 11.3 Å². The van der Waals surface area contributed by atoms with Crippen molar-refractivity contribution in [1.82, 2.24) is 9.80 Å². The Labute approximate surface area is 128 Å². The van der Waals surface area contributed by atoms with Gasteiger partial charge >= 0.3 is 12.0 Å². The Morgan fingerprint density at radius 3 is 2.52 bits per heavy atom. The number of carboxylic acids is 1. The molecule has 1 rings (SSSR count). The number of urea groups is 1. The van der Waals surface area contributed by atoms with Gasteiger partial charge in [-0.15, -0.1) is 0 Å². The zero-order valence-corrected chi connectivity index (χ0v) is 14.1. The van der Waals surface area contributed by atoms with E-state index in [-0.39, 0.29) is 23.9 Å². The summed E-state index contributed by atoms with van der Waals surface area (Å²) < 4.78 is 0. The predicted molar refractivity (Wildman–Crippen MR) is 83.2 cm³/mol. The molecule has 1 aliphatic rings. The number of nitrogens with zero attached hydrogens (tertiary/aromatic N) is 2. The minimum atomic E-state index is -0.753. The SMILES string of the molecule is CC(N(C)C(=O)N1CCCC(CCC(=O)O)C1)C(C)(C)C. The van der Waals surface area contributed by atoms with Crippen LogP contribution in [0.2, 0.25) is 0 Å². The monoisotopic (exact) mass is 298 g/mol. The highest BCUT2D eigenvalue weighted by atomic mass is 16.4. The molecule has 0 saturated carbocycles. The van der Waals surface area contributed by atoms with Gasteiger partial charge in [0.1, 0.15) is 0 Å². The lowest BCUT2D eigenvalue weighted by atomic mass is 9.87. The first kappa shape index (κ1) is 17.8. The van der Waals surface area contributed by atoms with Gasteiger partial charge in [-0.3, -0.25) is 4.79 Å². The van der Waals surface area contributed by atoms with E-state index in [1.807, 2.05) is 16.8 Å². The molecule has 0 aromatic heterocycles. The molecule has 0 spiro atoms. The van der Waals surface area contributed by atoms with Gasteiger partial charge in [0.2, 0.25) is 0 Å². The van der Waals surface area contributed by atoms with Gasteiger partial charge in [-0.1, -0.05) is 20.8 Å². The second-order valence-corrected chi connectivity index (χ2v) is 7.32. The molecule has 0 aliphatic carbocycles. The van der Waals surface area contributed by atoms with E-state index in [4.69, 9.17) is 5.11 Å². The third-order valence-corrected chi connectivity index (χ3v) is 4.69. The summed E-state index contributed by atoms with van der Waals surface area (Å²) in [5.74, 6) is -0.436. The Bertz CT molecular complexity index is 376. The number of piperidine rings is 1. The van der Waals surface area contributed by atoms with Crippen LogP contribution in [-0.4, -0.2) is 53.1 Å². The van der Waals surface area contributed by atoms with E-state index in [2.05, 4.69) is 27.7 Å². The standard InChI is InChI=1S/C16H30N2O3/c1-12(16(2,3)4)17(5)15(21)18-10-6-7-13(11-18)8-9-14(19)20/h12-13H,6-11H2,1-5H3,(H,19,20). The van der Waals surface area contributed by atoms with Gasteiger partial charge < -0.3 is 14.9 Å². The molecule has 1 heterocycles. The van der Waals surface area contributed by atoms with Crippen LogP contribution in [0.5, 0.6) is 0 Å². The van der Waals surface area contributed by atoms with Gasteiger partial charge in [-0.2, -0.15) is 0 Å². The third kappa shape index (κ3) is 5.21. The highest BCUT2D eigenvalue weighted by Crippen LogP contribution is 2.26. The molecule has 1 saturated heterocycles. The summed E-state index contributed by atoms with van der Waals surface area (Å²) in [5.41, 5.74) is 0.0445. The molecule has 0 aromatic carbocycles.